The molecular weight excluding hydrogens is 188 g/mol. The zero-order chi connectivity index (χ0) is 10.8. The molecule has 0 aliphatic carbocycles. The van der Waals surface area contributed by atoms with Crippen LogP contribution < -0.4 is 5.32 Å². The van der Waals surface area contributed by atoms with Crippen LogP contribution in [0.2, 0.25) is 0 Å². The van der Waals surface area contributed by atoms with E-state index >= 15 is 0 Å². The van der Waals surface area contributed by atoms with Gasteiger partial charge in [0.2, 0.25) is 0 Å². The summed E-state index contributed by atoms with van der Waals surface area (Å²) in [5, 5.41) is 3.18. The summed E-state index contributed by atoms with van der Waals surface area (Å²) in [6, 6.07) is 0.655. The molecule has 1 aromatic rings. The quantitative estimate of drug-likeness (QED) is 0.784. The molecule has 1 aliphatic heterocycles. The van der Waals surface area contributed by atoms with Crippen LogP contribution >= 0.6 is 0 Å². The van der Waals surface area contributed by atoms with E-state index in [9.17, 15) is 0 Å². The van der Waals surface area contributed by atoms with Gasteiger partial charge in [-0.3, -0.25) is 0 Å². The average molecular weight is 208 g/mol. The number of hydrogen-bond donors (Lipinski definition) is 1. The molecule has 1 aromatic heterocycles. The summed E-state index contributed by atoms with van der Waals surface area (Å²) in [5.41, 5.74) is 1.31. The monoisotopic (exact) mass is 208 g/mol. The summed E-state index contributed by atoms with van der Waals surface area (Å²) < 4.78 is 2.36. The largest absolute Gasteiger partial charge is 0.331 e. The van der Waals surface area contributed by atoms with Gasteiger partial charge in [0.15, 0.2) is 0 Å². The number of likely N-dealkylation sites (N-methyl/N-ethyl adjacent to an activating group) is 1. The van der Waals surface area contributed by atoms with Crippen LogP contribution in [0, 0.1) is 0 Å². The third kappa shape index (κ3) is 2.06. The van der Waals surface area contributed by atoms with E-state index in [-0.39, 0.29) is 0 Å². The number of rotatable bonds is 3. The second kappa shape index (κ2) is 4.33. The first-order valence-electron chi connectivity index (χ1n) is 5.56. The Morgan fingerprint density at radius 3 is 3.07 bits per heavy atom. The Morgan fingerprint density at radius 2 is 2.40 bits per heavy atom. The lowest BCUT2D eigenvalue weighted by molar-refractivity contribution is 0.241. The van der Waals surface area contributed by atoms with Gasteiger partial charge in [-0.15, -0.1) is 0 Å². The van der Waals surface area contributed by atoms with Crippen LogP contribution in [-0.2, 0) is 19.5 Å². The summed E-state index contributed by atoms with van der Waals surface area (Å²) in [6.07, 6.45) is 4.31. The van der Waals surface area contributed by atoms with Crippen molar-refractivity contribution in [1.29, 1.82) is 0 Å². The van der Waals surface area contributed by atoms with Crippen LogP contribution in [0.5, 0.6) is 0 Å². The van der Waals surface area contributed by atoms with E-state index < -0.39 is 0 Å². The predicted molar refractivity (Wildman–Crippen MR) is 60.8 cm³/mol. The van der Waals surface area contributed by atoms with Crippen molar-refractivity contribution >= 4 is 0 Å². The van der Waals surface area contributed by atoms with E-state index in [0.717, 1.165) is 19.5 Å². The van der Waals surface area contributed by atoms with Crippen LogP contribution in [0.3, 0.4) is 0 Å². The van der Waals surface area contributed by atoms with Gasteiger partial charge in [-0.25, -0.2) is 4.98 Å². The van der Waals surface area contributed by atoms with Crippen LogP contribution in [0.1, 0.15) is 17.9 Å². The fraction of sp³-hybridized carbons (Fsp3) is 0.727. The molecule has 4 heteroatoms. The normalized spacial score (nSPS) is 20.7. The topological polar surface area (TPSA) is 33.1 Å². The lowest BCUT2D eigenvalue weighted by atomic mass is 10.1. The third-order valence-corrected chi connectivity index (χ3v) is 3.21. The maximum Gasteiger partial charge on any atom is 0.110 e. The molecule has 2 rings (SSSR count). The molecule has 0 radical (unpaired) electrons. The summed E-state index contributed by atoms with van der Waals surface area (Å²) in [7, 11) is 6.28. The minimum absolute atomic E-state index is 0.655. The first kappa shape index (κ1) is 10.6. The van der Waals surface area contributed by atoms with Gasteiger partial charge in [-0.2, -0.15) is 0 Å². The lowest BCUT2D eigenvalue weighted by Crippen LogP contribution is -2.36. The van der Waals surface area contributed by atoms with E-state index in [0.29, 0.717) is 6.04 Å². The van der Waals surface area contributed by atoms with Gasteiger partial charge in [0, 0.05) is 31.7 Å². The van der Waals surface area contributed by atoms with Crippen molar-refractivity contribution in [3.63, 3.8) is 0 Å². The molecule has 2 heterocycles. The maximum atomic E-state index is 4.50. The minimum atomic E-state index is 0.655. The molecule has 1 aliphatic rings. The number of imidazole rings is 1. The zero-order valence-corrected chi connectivity index (χ0v) is 9.82. The Morgan fingerprint density at radius 1 is 1.60 bits per heavy atom. The van der Waals surface area contributed by atoms with E-state index in [1.54, 1.807) is 0 Å². The second-order valence-electron chi connectivity index (χ2n) is 4.46. The Hall–Kier alpha value is -0.870. The molecule has 15 heavy (non-hydrogen) atoms. The van der Waals surface area contributed by atoms with E-state index in [4.69, 9.17) is 0 Å². The highest BCUT2D eigenvalue weighted by Crippen LogP contribution is 2.19. The predicted octanol–water partition coefficient (Wildman–Crippen LogP) is 0.479. The number of fused-ring (bicyclic) bond motifs is 1. The summed E-state index contributed by atoms with van der Waals surface area (Å²) in [5.74, 6) is 1.24. The van der Waals surface area contributed by atoms with Crippen molar-refractivity contribution in [2.45, 2.75) is 32.0 Å². The molecule has 1 unspecified atom stereocenters. The number of nitrogens with one attached hydrogen (secondary N) is 1. The smallest absolute Gasteiger partial charge is 0.110 e. The number of hydrogen-bond acceptors (Lipinski definition) is 3. The van der Waals surface area contributed by atoms with Crippen molar-refractivity contribution in [2.24, 2.45) is 0 Å². The molecule has 0 bridgehead atoms. The molecule has 0 spiro atoms. The van der Waals surface area contributed by atoms with Crippen molar-refractivity contribution in [3.05, 3.63) is 17.7 Å². The van der Waals surface area contributed by atoms with Gasteiger partial charge < -0.3 is 14.8 Å². The zero-order valence-electron chi connectivity index (χ0n) is 9.82. The van der Waals surface area contributed by atoms with Crippen LogP contribution in [0.25, 0.3) is 0 Å². The average Bonchev–Trinajstić information content (AvgIpc) is 2.61. The summed E-state index contributed by atoms with van der Waals surface area (Å²) in [6.45, 7) is 2.02. The molecule has 0 saturated heterocycles. The first-order chi connectivity index (χ1) is 7.22. The van der Waals surface area contributed by atoms with Crippen LogP contribution in [0.4, 0.5) is 0 Å². The molecule has 0 saturated carbocycles. The van der Waals surface area contributed by atoms with Gasteiger partial charge in [0.1, 0.15) is 5.82 Å². The van der Waals surface area contributed by atoms with Crippen molar-refractivity contribution < 1.29 is 0 Å². The third-order valence-electron chi connectivity index (χ3n) is 3.21. The van der Waals surface area contributed by atoms with Crippen LogP contribution in [-0.4, -0.2) is 41.6 Å². The Kier molecular flexibility index (Phi) is 3.07. The summed E-state index contributed by atoms with van der Waals surface area (Å²) >= 11 is 0. The van der Waals surface area contributed by atoms with Crippen molar-refractivity contribution in [1.82, 2.24) is 19.8 Å². The Bertz CT molecular complexity index is 329. The molecule has 4 nitrogen and oxygen atoms in total. The van der Waals surface area contributed by atoms with Crippen molar-refractivity contribution in [3.8, 4) is 0 Å². The van der Waals surface area contributed by atoms with Gasteiger partial charge >= 0.3 is 0 Å². The lowest BCUT2D eigenvalue weighted by Gasteiger charge is -2.29. The van der Waals surface area contributed by atoms with Crippen molar-refractivity contribution in [2.75, 3.05) is 21.1 Å². The maximum absolute atomic E-state index is 4.50. The second-order valence-corrected chi connectivity index (χ2v) is 4.46. The fourth-order valence-corrected chi connectivity index (χ4v) is 2.24. The minimum Gasteiger partial charge on any atom is -0.331 e. The molecule has 0 amide bonds. The van der Waals surface area contributed by atoms with Crippen LogP contribution in [0.15, 0.2) is 6.20 Å². The molecule has 0 fully saturated rings. The van der Waals surface area contributed by atoms with E-state index in [2.05, 4.69) is 33.9 Å². The summed E-state index contributed by atoms with van der Waals surface area (Å²) in [4.78, 5) is 6.81. The molecule has 84 valence electrons. The number of nitrogens with zero attached hydrogens (tertiary/aromatic N) is 3. The van der Waals surface area contributed by atoms with Gasteiger partial charge in [-0.1, -0.05) is 0 Å². The molecular formula is C11H20N4. The first-order valence-corrected chi connectivity index (χ1v) is 5.56. The Labute approximate surface area is 91.3 Å². The SMILES string of the molecule is CNCc1cnc2n1CCC(N(C)C)C2. The molecule has 1 N–H and O–H groups in total. The highest BCUT2D eigenvalue weighted by atomic mass is 15.2. The molecule has 1 atom stereocenters. The number of aromatic nitrogens is 2. The van der Waals surface area contributed by atoms with Gasteiger partial charge in [-0.05, 0) is 27.6 Å². The molecule has 0 aromatic carbocycles. The van der Waals surface area contributed by atoms with E-state index in [1.807, 2.05) is 13.2 Å². The van der Waals surface area contributed by atoms with E-state index in [1.165, 1.54) is 17.9 Å². The fourth-order valence-electron chi connectivity index (χ4n) is 2.24. The van der Waals surface area contributed by atoms with Gasteiger partial charge in [0.05, 0.1) is 5.69 Å². The van der Waals surface area contributed by atoms with Gasteiger partial charge in [0.25, 0.3) is 0 Å². The highest BCUT2D eigenvalue weighted by Gasteiger charge is 2.22. The Balaban J connectivity index is 2.15. The standard InChI is InChI=1S/C11H20N4/c1-12-7-10-8-13-11-6-9(14(2)3)4-5-15(10)11/h8-9,12H,4-7H2,1-3H3. The highest BCUT2D eigenvalue weighted by molar-refractivity contribution is 5.09.